The largest absolute Gasteiger partial charge is 0.327 e. The maximum Gasteiger partial charge on any atom is 0.238 e. The van der Waals surface area contributed by atoms with Crippen LogP contribution in [0, 0.1) is 0 Å². The van der Waals surface area contributed by atoms with Crippen LogP contribution in [0.2, 0.25) is 0 Å². The Labute approximate surface area is 72.4 Å². The van der Waals surface area contributed by atoms with Gasteiger partial charge in [0.25, 0.3) is 0 Å². The van der Waals surface area contributed by atoms with Gasteiger partial charge in [0.05, 0.1) is 6.54 Å². The van der Waals surface area contributed by atoms with Crippen LogP contribution >= 0.6 is 0 Å². The van der Waals surface area contributed by atoms with E-state index in [4.69, 9.17) is 0 Å². The molecule has 3 heteroatoms. The van der Waals surface area contributed by atoms with E-state index in [1.807, 2.05) is 7.05 Å². The highest BCUT2D eigenvalue weighted by atomic mass is 16.2. The fraction of sp³-hybridized carbons (Fsp3) is 0.667. The van der Waals surface area contributed by atoms with E-state index in [1.165, 1.54) is 12.8 Å². The van der Waals surface area contributed by atoms with Crippen molar-refractivity contribution >= 4 is 5.91 Å². The molecule has 0 saturated carbocycles. The Morgan fingerprint density at radius 2 is 2.50 bits per heavy atom. The zero-order valence-corrected chi connectivity index (χ0v) is 7.34. The van der Waals surface area contributed by atoms with Gasteiger partial charge >= 0.3 is 0 Å². The third-order valence-electron chi connectivity index (χ3n) is 2.61. The number of hydrogen-bond donors (Lipinski definition) is 1. The van der Waals surface area contributed by atoms with Gasteiger partial charge < -0.3 is 5.32 Å². The summed E-state index contributed by atoms with van der Waals surface area (Å²) >= 11 is 0. The van der Waals surface area contributed by atoms with Gasteiger partial charge in [-0.15, -0.1) is 0 Å². The number of amides is 1. The minimum Gasteiger partial charge on any atom is -0.327 e. The minimum absolute atomic E-state index is 0.127. The number of piperazine rings is 1. The maximum absolute atomic E-state index is 11.1. The smallest absolute Gasteiger partial charge is 0.238 e. The summed E-state index contributed by atoms with van der Waals surface area (Å²) in [5.41, 5.74) is 1.13. The second-order valence-electron chi connectivity index (χ2n) is 3.57. The molecule has 1 aliphatic carbocycles. The van der Waals surface area contributed by atoms with Gasteiger partial charge in [-0.1, -0.05) is 6.08 Å². The zero-order valence-electron chi connectivity index (χ0n) is 7.34. The first-order valence-corrected chi connectivity index (χ1v) is 4.47. The summed E-state index contributed by atoms with van der Waals surface area (Å²) in [6.07, 6.45) is 5.69. The second-order valence-corrected chi connectivity index (χ2v) is 3.57. The summed E-state index contributed by atoms with van der Waals surface area (Å²) in [6.45, 7) is 0.544. The summed E-state index contributed by atoms with van der Waals surface area (Å²) in [4.78, 5) is 13.3. The van der Waals surface area contributed by atoms with Crippen molar-refractivity contribution in [3.63, 3.8) is 0 Å². The van der Waals surface area contributed by atoms with E-state index in [2.05, 4.69) is 16.3 Å². The van der Waals surface area contributed by atoms with Crippen molar-refractivity contribution in [3.05, 3.63) is 11.8 Å². The molecule has 2 rings (SSSR count). The van der Waals surface area contributed by atoms with Gasteiger partial charge in [-0.3, -0.25) is 9.69 Å². The van der Waals surface area contributed by atoms with Crippen molar-refractivity contribution in [2.45, 2.75) is 25.3 Å². The Morgan fingerprint density at radius 1 is 1.67 bits per heavy atom. The lowest BCUT2D eigenvalue weighted by Crippen LogP contribution is -2.51. The standard InChI is InChI=1S/C9H14N2O/c1-11-6-9(12)10-7-4-2-3-5-8(7)11/h4,8H,2-3,5-6H2,1H3,(H,10,12). The topological polar surface area (TPSA) is 32.3 Å². The lowest BCUT2D eigenvalue weighted by atomic mass is 9.96. The SMILES string of the molecule is CN1CC(=O)NC2=CCCCC21. The van der Waals surface area contributed by atoms with Gasteiger partial charge in [0.15, 0.2) is 0 Å². The number of hydrogen-bond acceptors (Lipinski definition) is 2. The molecule has 1 saturated heterocycles. The Kier molecular flexibility index (Phi) is 1.89. The van der Waals surface area contributed by atoms with Crippen molar-refractivity contribution in [2.24, 2.45) is 0 Å². The van der Waals surface area contributed by atoms with Crippen molar-refractivity contribution in [3.8, 4) is 0 Å². The van der Waals surface area contributed by atoms with Crippen molar-refractivity contribution in [1.29, 1.82) is 0 Å². The molecule has 0 bridgehead atoms. The molecule has 0 aromatic rings. The lowest BCUT2D eigenvalue weighted by Gasteiger charge is -2.36. The van der Waals surface area contributed by atoms with Gasteiger partial charge in [0.2, 0.25) is 5.91 Å². The van der Waals surface area contributed by atoms with Crippen LogP contribution in [0.25, 0.3) is 0 Å². The van der Waals surface area contributed by atoms with E-state index in [0.717, 1.165) is 12.1 Å². The molecule has 1 fully saturated rings. The van der Waals surface area contributed by atoms with Crippen molar-refractivity contribution in [2.75, 3.05) is 13.6 Å². The number of nitrogens with one attached hydrogen (secondary N) is 1. The maximum atomic E-state index is 11.1. The fourth-order valence-corrected chi connectivity index (χ4v) is 1.99. The highest BCUT2D eigenvalue weighted by molar-refractivity contribution is 5.81. The number of likely N-dealkylation sites (N-methyl/N-ethyl adjacent to an activating group) is 1. The van der Waals surface area contributed by atoms with Crippen LogP contribution in [0.4, 0.5) is 0 Å². The molecule has 1 amide bonds. The molecule has 1 atom stereocenters. The molecule has 3 nitrogen and oxygen atoms in total. The molecular weight excluding hydrogens is 152 g/mol. The lowest BCUT2D eigenvalue weighted by molar-refractivity contribution is -0.123. The monoisotopic (exact) mass is 166 g/mol. The highest BCUT2D eigenvalue weighted by Gasteiger charge is 2.28. The minimum atomic E-state index is 0.127. The highest BCUT2D eigenvalue weighted by Crippen LogP contribution is 2.22. The second kappa shape index (κ2) is 2.90. The van der Waals surface area contributed by atoms with Crippen molar-refractivity contribution < 1.29 is 4.79 Å². The molecule has 0 radical (unpaired) electrons. The van der Waals surface area contributed by atoms with E-state index in [0.29, 0.717) is 12.6 Å². The molecule has 1 unspecified atom stereocenters. The predicted molar refractivity (Wildman–Crippen MR) is 46.5 cm³/mol. The van der Waals surface area contributed by atoms with E-state index >= 15 is 0 Å². The van der Waals surface area contributed by atoms with E-state index in [9.17, 15) is 4.79 Å². The Bertz CT molecular complexity index is 235. The van der Waals surface area contributed by atoms with Crippen molar-refractivity contribution in [1.82, 2.24) is 10.2 Å². The number of rotatable bonds is 0. The summed E-state index contributed by atoms with van der Waals surface area (Å²) < 4.78 is 0. The van der Waals surface area contributed by atoms with Crippen LogP contribution in [0.15, 0.2) is 11.8 Å². The first-order valence-electron chi connectivity index (χ1n) is 4.47. The van der Waals surface area contributed by atoms with Crippen LogP contribution in [0.3, 0.4) is 0 Å². The molecular formula is C9H14N2O. The Morgan fingerprint density at radius 3 is 3.33 bits per heavy atom. The van der Waals surface area contributed by atoms with Crippen LogP contribution in [0.1, 0.15) is 19.3 Å². The van der Waals surface area contributed by atoms with Crippen LogP contribution in [-0.4, -0.2) is 30.4 Å². The third-order valence-corrected chi connectivity index (χ3v) is 2.61. The predicted octanol–water partition coefficient (Wildman–Crippen LogP) is 0.484. The number of allylic oxidation sites excluding steroid dienone is 1. The third kappa shape index (κ3) is 1.25. The molecule has 1 heterocycles. The summed E-state index contributed by atoms with van der Waals surface area (Å²) in [5.74, 6) is 0.127. The summed E-state index contributed by atoms with van der Waals surface area (Å²) in [5, 5.41) is 2.93. The van der Waals surface area contributed by atoms with E-state index < -0.39 is 0 Å². The zero-order chi connectivity index (χ0) is 8.55. The molecule has 0 aromatic heterocycles. The van der Waals surface area contributed by atoms with Gasteiger partial charge in [-0.2, -0.15) is 0 Å². The molecule has 1 N–H and O–H groups in total. The van der Waals surface area contributed by atoms with Crippen LogP contribution in [-0.2, 0) is 4.79 Å². The molecule has 0 spiro atoms. The van der Waals surface area contributed by atoms with E-state index in [-0.39, 0.29) is 5.91 Å². The summed E-state index contributed by atoms with van der Waals surface area (Å²) in [6, 6.07) is 0.469. The molecule has 66 valence electrons. The molecule has 12 heavy (non-hydrogen) atoms. The Hall–Kier alpha value is -0.830. The van der Waals surface area contributed by atoms with Gasteiger partial charge in [-0.05, 0) is 26.3 Å². The molecule has 1 aliphatic heterocycles. The number of fused-ring (bicyclic) bond motifs is 1. The number of carbonyl (C=O) groups excluding carboxylic acids is 1. The fourth-order valence-electron chi connectivity index (χ4n) is 1.99. The van der Waals surface area contributed by atoms with Crippen LogP contribution < -0.4 is 5.32 Å². The first-order chi connectivity index (χ1) is 5.77. The number of nitrogens with zero attached hydrogens (tertiary/aromatic N) is 1. The quantitative estimate of drug-likeness (QED) is 0.568. The Balaban J connectivity index is 2.20. The average molecular weight is 166 g/mol. The average Bonchev–Trinajstić information content (AvgIpc) is 2.04. The van der Waals surface area contributed by atoms with E-state index in [1.54, 1.807) is 0 Å². The first kappa shape index (κ1) is 7.80. The molecule has 2 aliphatic rings. The molecule has 0 aromatic carbocycles. The van der Waals surface area contributed by atoms with Gasteiger partial charge in [0, 0.05) is 11.7 Å². The normalized spacial score (nSPS) is 30.6. The van der Waals surface area contributed by atoms with Gasteiger partial charge in [-0.25, -0.2) is 0 Å². The van der Waals surface area contributed by atoms with Gasteiger partial charge in [0.1, 0.15) is 0 Å². The summed E-state index contributed by atoms with van der Waals surface area (Å²) in [7, 11) is 2.02. The number of carbonyl (C=O) groups is 1. The van der Waals surface area contributed by atoms with Crippen LogP contribution in [0.5, 0.6) is 0 Å².